The van der Waals surface area contributed by atoms with Crippen molar-refractivity contribution >= 4 is 64.6 Å². The van der Waals surface area contributed by atoms with Gasteiger partial charge in [-0.05, 0) is 98.0 Å². The highest BCUT2D eigenvalue weighted by molar-refractivity contribution is 6.24. The first-order valence-electron chi connectivity index (χ1n) is 23.8. The monoisotopic (exact) mass is 888 g/mol. The van der Waals surface area contributed by atoms with Gasteiger partial charge in [0, 0.05) is 64.8 Å². The van der Waals surface area contributed by atoms with Gasteiger partial charge in [-0.3, -0.25) is 9.36 Å². The molecule has 0 bridgehead atoms. The highest BCUT2D eigenvalue weighted by atomic mass is 15.4. The second-order valence-corrected chi connectivity index (χ2v) is 18.1. The molecule has 2 heterocycles. The van der Waals surface area contributed by atoms with Crippen LogP contribution in [0.1, 0.15) is 33.6 Å². The third-order valence-corrected chi connectivity index (χ3v) is 13.6. The summed E-state index contributed by atoms with van der Waals surface area (Å²) in [5.74, 6) is 0. The Labute approximate surface area is 394 Å². The molecule has 0 aliphatic carbocycles. The molecule has 0 atom stereocenters. The smallest absolute Gasteiger partial charge is 0.0964 e. The number of nitrogens with one attached hydrogen (secondary N) is 4. The van der Waals surface area contributed by atoms with Crippen molar-refractivity contribution in [1.29, 1.82) is 0 Å². The molecule has 0 aliphatic heterocycles. The van der Waals surface area contributed by atoms with Crippen LogP contribution in [0.4, 0.5) is 0 Å². The van der Waals surface area contributed by atoms with Crippen molar-refractivity contribution < 1.29 is 0 Å². The SMILES string of the molecule is c1cc2ccc3ccc(CNCc4cn(CCNCc5ccc(-c6ccc(CNCCn7cc(CNCc8ccc9ccc%10cccc%11ccc8c9c%10%11)nn7)cc6)cc5)nn4)c4ccc(c1)c2c34. The lowest BCUT2D eigenvalue weighted by atomic mass is 9.92. The minimum atomic E-state index is 0.666. The molecule has 10 aromatic carbocycles. The Morgan fingerprint density at radius 1 is 0.338 bits per heavy atom. The average Bonchev–Trinajstić information content (AvgIpc) is 4.05. The summed E-state index contributed by atoms with van der Waals surface area (Å²) in [6, 6.07) is 57.7. The van der Waals surface area contributed by atoms with Crippen LogP contribution in [0.15, 0.2) is 170 Å². The fourth-order valence-corrected chi connectivity index (χ4v) is 10.1. The third kappa shape index (κ3) is 8.51. The van der Waals surface area contributed by atoms with Crippen molar-refractivity contribution in [3.63, 3.8) is 0 Å². The quantitative estimate of drug-likeness (QED) is 0.0470. The van der Waals surface area contributed by atoms with Gasteiger partial charge >= 0.3 is 0 Å². The number of nitrogens with zero attached hydrogens (tertiary/aromatic N) is 6. The number of aromatic nitrogens is 6. The van der Waals surface area contributed by atoms with Crippen LogP contribution in [0.25, 0.3) is 75.8 Å². The molecule has 12 rings (SSSR count). The van der Waals surface area contributed by atoms with Crippen LogP contribution < -0.4 is 21.3 Å². The van der Waals surface area contributed by atoms with Gasteiger partial charge in [0.05, 0.1) is 24.5 Å². The fraction of sp³-hybridized carbons (Fsp3) is 0.172. The van der Waals surface area contributed by atoms with Crippen LogP contribution in [0.2, 0.25) is 0 Å². The lowest BCUT2D eigenvalue weighted by Gasteiger charge is -2.14. The van der Waals surface area contributed by atoms with Crippen molar-refractivity contribution in [3.8, 4) is 11.1 Å². The first kappa shape index (κ1) is 41.8. The zero-order chi connectivity index (χ0) is 45.2. The van der Waals surface area contributed by atoms with E-state index >= 15 is 0 Å². The Hall–Kier alpha value is -7.60. The average molecular weight is 889 g/mol. The molecule has 0 spiro atoms. The minimum Gasteiger partial charge on any atom is -0.311 e. The number of hydrogen-bond acceptors (Lipinski definition) is 8. The summed E-state index contributed by atoms with van der Waals surface area (Å²) in [5.41, 5.74) is 9.40. The van der Waals surface area contributed by atoms with Crippen LogP contribution in [0.3, 0.4) is 0 Å². The minimum absolute atomic E-state index is 0.666. The summed E-state index contributed by atoms with van der Waals surface area (Å²) >= 11 is 0. The van der Waals surface area contributed by atoms with E-state index in [-0.39, 0.29) is 0 Å². The molecule has 0 radical (unpaired) electrons. The van der Waals surface area contributed by atoms with Crippen molar-refractivity contribution in [2.75, 3.05) is 13.1 Å². The summed E-state index contributed by atoms with van der Waals surface area (Å²) in [5, 5.41) is 47.7. The number of rotatable bonds is 19. The van der Waals surface area contributed by atoms with Crippen LogP contribution in [-0.4, -0.2) is 43.1 Å². The first-order valence-corrected chi connectivity index (χ1v) is 23.8. The van der Waals surface area contributed by atoms with E-state index in [0.717, 1.165) is 63.7 Å². The first-order chi connectivity index (χ1) is 33.7. The lowest BCUT2D eigenvalue weighted by Crippen LogP contribution is -2.20. The van der Waals surface area contributed by atoms with Crippen molar-refractivity contribution in [1.82, 2.24) is 51.3 Å². The van der Waals surface area contributed by atoms with Gasteiger partial charge in [0.2, 0.25) is 0 Å². The molecule has 12 aromatic rings. The van der Waals surface area contributed by atoms with Crippen molar-refractivity contribution in [3.05, 3.63) is 204 Å². The van der Waals surface area contributed by atoms with Gasteiger partial charge in [0.25, 0.3) is 0 Å². The van der Waals surface area contributed by atoms with E-state index in [9.17, 15) is 0 Å². The Balaban J connectivity index is 0.552. The standard InChI is InChI=1S/C58H52N10/c1-3-43-15-17-47-19-21-49(53-25-23-45(5-1)55(43)57(47)53)33-61-35-51-37-67(65-63-51)29-27-59-31-39-7-11-41(12-8-39)42-13-9-40(10-14-42)32-60-28-30-68-38-52(64-66-68)36-62-34-50-22-20-48-18-16-44-4-2-6-46-24-26-54(50)58(48)56(44)46/h1-26,37-38,59-62H,27-36H2. The maximum atomic E-state index is 4.43. The van der Waals surface area contributed by atoms with Gasteiger partial charge < -0.3 is 21.3 Å². The maximum absolute atomic E-state index is 4.43. The summed E-state index contributed by atoms with van der Waals surface area (Å²) in [4.78, 5) is 0. The van der Waals surface area contributed by atoms with E-state index in [2.05, 4.69) is 200 Å². The predicted molar refractivity (Wildman–Crippen MR) is 277 cm³/mol. The highest BCUT2D eigenvalue weighted by Crippen LogP contribution is 2.37. The summed E-state index contributed by atoms with van der Waals surface area (Å²) in [6.07, 6.45) is 4.08. The Morgan fingerprint density at radius 2 is 0.721 bits per heavy atom. The molecule has 10 nitrogen and oxygen atoms in total. The zero-order valence-corrected chi connectivity index (χ0v) is 37.9. The molecule has 0 saturated heterocycles. The molecule has 68 heavy (non-hydrogen) atoms. The van der Waals surface area contributed by atoms with Crippen LogP contribution in [0.5, 0.6) is 0 Å². The second-order valence-electron chi connectivity index (χ2n) is 18.1. The normalized spacial score (nSPS) is 12.1. The Kier molecular flexibility index (Phi) is 11.4. The third-order valence-electron chi connectivity index (χ3n) is 13.6. The number of hydrogen-bond donors (Lipinski definition) is 4. The summed E-state index contributed by atoms with van der Waals surface area (Å²) < 4.78 is 3.84. The van der Waals surface area contributed by atoms with E-state index in [4.69, 9.17) is 0 Å². The van der Waals surface area contributed by atoms with Crippen LogP contribution in [-0.2, 0) is 52.4 Å². The predicted octanol–water partition coefficient (Wildman–Crippen LogP) is 10.5. The van der Waals surface area contributed by atoms with Gasteiger partial charge in [-0.15, -0.1) is 10.2 Å². The lowest BCUT2D eigenvalue weighted by molar-refractivity contribution is 0.540. The largest absolute Gasteiger partial charge is 0.311 e. The summed E-state index contributed by atoms with van der Waals surface area (Å²) in [7, 11) is 0. The van der Waals surface area contributed by atoms with Gasteiger partial charge in [-0.25, -0.2) is 0 Å². The van der Waals surface area contributed by atoms with Gasteiger partial charge in [0.15, 0.2) is 0 Å². The Morgan fingerprint density at radius 3 is 1.15 bits per heavy atom. The molecule has 0 unspecified atom stereocenters. The molecule has 0 aliphatic rings. The molecule has 0 amide bonds. The van der Waals surface area contributed by atoms with E-state index < -0.39 is 0 Å². The fourth-order valence-electron chi connectivity index (χ4n) is 10.1. The van der Waals surface area contributed by atoms with Crippen LogP contribution in [0, 0.1) is 0 Å². The molecule has 4 N–H and O–H groups in total. The second kappa shape index (κ2) is 18.6. The Bertz CT molecular complexity index is 3370. The molecular formula is C58H52N10. The topological polar surface area (TPSA) is 110 Å². The van der Waals surface area contributed by atoms with E-state index in [1.807, 2.05) is 21.8 Å². The number of benzene rings is 10. The van der Waals surface area contributed by atoms with Gasteiger partial charge in [0.1, 0.15) is 0 Å². The van der Waals surface area contributed by atoms with Gasteiger partial charge in [-0.2, -0.15) is 0 Å². The summed E-state index contributed by atoms with van der Waals surface area (Å²) in [6.45, 7) is 7.58. The molecule has 2 aromatic heterocycles. The van der Waals surface area contributed by atoms with E-state index in [1.165, 1.54) is 98.0 Å². The molecular weight excluding hydrogens is 837 g/mol. The van der Waals surface area contributed by atoms with E-state index in [1.54, 1.807) is 0 Å². The highest BCUT2D eigenvalue weighted by Gasteiger charge is 2.13. The molecule has 0 fully saturated rings. The van der Waals surface area contributed by atoms with E-state index in [0.29, 0.717) is 13.1 Å². The van der Waals surface area contributed by atoms with Crippen LogP contribution >= 0.6 is 0 Å². The molecule has 334 valence electrons. The zero-order valence-electron chi connectivity index (χ0n) is 37.9. The van der Waals surface area contributed by atoms with Crippen molar-refractivity contribution in [2.45, 2.75) is 52.4 Å². The molecule has 0 saturated carbocycles. The molecule has 10 heteroatoms. The van der Waals surface area contributed by atoms with Crippen molar-refractivity contribution in [2.24, 2.45) is 0 Å². The van der Waals surface area contributed by atoms with Gasteiger partial charge in [-0.1, -0.05) is 168 Å². The maximum Gasteiger partial charge on any atom is 0.0964 e.